The number of carbonyl (C=O) groups is 1. The monoisotopic (exact) mass is 400 g/mol. The van der Waals surface area contributed by atoms with Crippen molar-refractivity contribution in [2.75, 3.05) is 5.32 Å². The van der Waals surface area contributed by atoms with Gasteiger partial charge in [-0.2, -0.15) is 5.26 Å². The maximum Gasteiger partial charge on any atom is 0.225 e. The molecule has 1 N–H and O–H groups in total. The average molecular weight is 401 g/mol. The molecule has 0 saturated heterocycles. The van der Waals surface area contributed by atoms with Crippen LogP contribution in [0.25, 0.3) is 0 Å². The number of hydrogen-bond acceptors (Lipinski definition) is 3. The zero-order chi connectivity index (χ0) is 20.2. The van der Waals surface area contributed by atoms with E-state index >= 15 is 0 Å². The summed E-state index contributed by atoms with van der Waals surface area (Å²) >= 11 is 1.58. The normalized spacial score (nSPS) is 15.6. The van der Waals surface area contributed by atoms with Gasteiger partial charge in [0.1, 0.15) is 11.1 Å². The average Bonchev–Trinajstić information content (AvgIpc) is 3.09. The Labute approximate surface area is 176 Å². The molecule has 0 spiro atoms. The topological polar surface area (TPSA) is 52.9 Å². The molecule has 3 aromatic rings. The number of thiophene rings is 1. The molecule has 4 heteroatoms. The van der Waals surface area contributed by atoms with E-state index in [0.717, 1.165) is 41.0 Å². The Morgan fingerprint density at radius 2 is 1.76 bits per heavy atom. The Balaban J connectivity index is 1.57. The van der Waals surface area contributed by atoms with Gasteiger partial charge in [0.2, 0.25) is 5.91 Å². The van der Waals surface area contributed by atoms with E-state index in [1.54, 1.807) is 11.3 Å². The number of hydrogen-bond donors (Lipinski definition) is 1. The van der Waals surface area contributed by atoms with Gasteiger partial charge in [-0.25, -0.2) is 0 Å². The van der Waals surface area contributed by atoms with Gasteiger partial charge in [0.25, 0.3) is 0 Å². The fraction of sp³-hybridized carbons (Fsp3) is 0.280. The molecule has 3 nitrogen and oxygen atoms in total. The molecule has 1 atom stereocenters. The SMILES string of the molecule is C[C@@H]1CCc2c(sc(NC(=O)CC(c3ccccc3)c3ccccc3)c2C#N)C1. The highest BCUT2D eigenvalue weighted by Gasteiger charge is 2.25. The summed E-state index contributed by atoms with van der Waals surface area (Å²) in [4.78, 5) is 14.3. The minimum atomic E-state index is -0.0501. The minimum absolute atomic E-state index is 0.0162. The summed E-state index contributed by atoms with van der Waals surface area (Å²) in [5.74, 6) is 0.570. The molecule has 29 heavy (non-hydrogen) atoms. The third-order valence-electron chi connectivity index (χ3n) is 5.67. The third kappa shape index (κ3) is 4.26. The summed E-state index contributed by atoms with van der Waals surface area (Å²) in [6.07, 6.45) is 3.39. The zero-order valence-electron chi connectivity index (χ0n) is 16.5. The van der Waals surface area contributed by atoms with E-state index < -0.39 is 0 Å². The van der Waals surface area contributed by atoms with E-state index in [0.29, 0.717) is 17.9 Å². The van der Waals surface area contributed by atoms with Gasteiger partial charge in [-0.05, 0) is 41.9 Å². The van der Waals surface area contributed by atoms with Crippen molar-refractivity contribution < 1.29 is 4.79 Å². The van der Waals surface area contributed by atoms with Crippen molar-refractivity contribution >= 4 is 22.2 Å². The quantitative estimate of drug-likeness (QED) is 0.579. The van der Waals surface area contributed by atoms with Crippen LogP contribution in [0.1, 0.15) is 52.8 Å². The molecular formula is C25H24N2OS. The van der Waals surface area contributed by atoms with E-state index in [1.807, 2.05) is 36.4 Å². The number of nitrogens with one attached hydrogen (secondary N) is 1. The number of carbonyl (C=O) groups excluding carboxylic acids is 1. The third-order valence-corrected chi connectivity index (χ3v) is 6.84. The van der Waals surface area contributed by atoms with Crippen LogP contribution >= 0.6 is 11.3 Å². The van der Waals surface area contributed by atoms with Crippen LogP contribution in [0.2, 0.25) is 0 Å². The van der Waals surface area contributed by atoms with E-state index in [2.05, 4.69) is 42.6 Å². The predicted octanol–water partition coefficient (Wildman–Crippen LogP) is 5.91. The van der Waals surface area contributed by atoms with Crippen molar-refractivity contribution in [1.82, 2.24) is 0 Å². The number of nitrogens with zero attached hydrogens (tertiary/aromatic N) is 1. The van der Waals surface area contributed by atoms with Gasteiger partial charge in [-0.15, -0.1) is 11.3 Å². The van der Waals surface area contributed by atoms with Crippen LogP contribution in [0.4, 0.5) is 5.00 Å². The standard InChI is InChI=1S/C25H24N2OS/c1-17-12-13-20-22(16-26)25(29-23(20)14-17)27-24(28)15-21(18-8-4-2-5-9-18)19-10-6-3-7-11-19/h2-11,17,21H,12-15H2,1H3,(H,27,28)/t17-/m1/s1. The van der Waals surface area contributed by atoms with Crippen LogP contribution in [0, 0.1) is 17.2 Å². The summed E-state index contributed by atoms with van der Waals surface area (Å²) in [6.45, 7) is 2.25. The first-order valence-electron chi connectivity index (χ1n) is 10.1. The van der Waals surface area contributed by atoms with Gasteiger partial charge in [0.15, 0.2) is 0 Å². The molecule has 2 aromatic carbocycles. The van der Waals surface area contributed by atoms with E-state index in [4.69, 9.17) is 0 Å². The van der Waals surface area contributed by atoms with Crippen molar-refractivity contribution in [1.29, 1.82) is 5.26 Å². The smallest absolute Gasteiger partial charge is 0.225 e. The van der Waals surface area contributed by atoms with Gasteiger partial charge in [0, 0.05) is 17.2 Å². The first-order chi connectivity index (χ1) is 14.2. The summed E-state index contributed by atoms with van der Waals surface area (Å²) in [6, 6.07) is 22.6. The first kappa shape index (κ1) is 19.4. The van der Waals surface area contributed by atoms with Gasteiger partial charge in [0.05, 0.1) is 5.56 Å². The maximum atomic E-state index is 13.0. The van der Waals surface area contributed by atoms with E-state index in [9.17, 15) is 10.1 Å². The summed E-state index contributed by atoms with van der Waals surface area (Å²) in [7, 11) is 0. The lowest BCUT2D eigenvalue weighted by Gasteiger charge is -2.17. The Bertz CT molecular complexity index is 994. The number of nitriles is 1. The van der Waals surface area contributed by atoms with Crippen LogP contribution in [0.5, 0.6) is 0 Å². The Morgan fingerprint density at radius 3 is 2.34 bits per heavy atom. The lowest BCUT2D eigenvalue weighted by molar-refractivity contribution is -0.116. The number of amides is 1. The minimum Gasteiger partial charge on any atom is -0.317 e. The predicted molar refractivity (Wildman–Crippen MR) is 118 cm³/mol. The maximum absolute atomic E-state index is 13.0. The summed E-state index contributed by atoms with van der Waals surface area (Å²) in [5, 5.41) is 13.5. The second-order valence-electron chi connectivity index (χ2n) is 7.79. The number of fused-ring (bicyclic) bond motifs is 1. The molecule has 0 radical (unpaired) electrons. The molecule has 146 valence electrons. The lowest BCUT2D eigenvalue weighted by Crippen LogP contribution is -2.16. The Kier molecular flexibility index (Phi) is 5.78. The number of rotatable bonds is 5. The Morgan fingerprint density at radius 1 is 1.14 bits per heavy atom. The van der Waals surface area contributed by atoms with Crippen molar-refractivity contribution in [3.63, 3.8) is 0 Å². The molecule has 4 rings (SSSR count). The highest BCUT2D eigenvalue weighted by atomic mass is 32.1. The largest absolute Gasteiger partial charge is 0.317 e. The molecule has 0 fully saturated rings. The van der Waals surface area contributed by atoms with Crippen LogP contribution in [0.3, 0.4) is 0 Å². The van der Waals surface area contributed by atoms with Crippen LogP contribution in [-0.4, -0.2) is 5.91 Å². The molecular weight excluding hydrogens is 376 g/mol. The first-order valence-corrected chi connectivity index (χ1v) is 10.9. The molecule has 0 aliphatic heterocycles. The second kappa shape index (κ2) is 8.63. The molecule has 1 aromatic heterocycles. The molecule has 1 heterocycles. The van der Waals surface area contributed by atoms with Crippen molar-refractivity contribution in [3.8, 4) is 6.07 Å². The lowest BCUT2D eigenvalue weighted by atomic mass is 9.88. The number of benzene rings is 2. The van der Waals surface area contributed by atoms with Gasteiger partial charge >= 0.3 is 0 Å². The fourth-order valence-corrected chi connectivity index (χ4v) is 5.50. The summed E-state index contributed by atoms with van der Waals surface area (Å²) < 4.78 is 0. The molecule has 1 amide bonds. The van der Waals surface area contributed by atoms with Crippen molar-refractivity contribution in [2.24, 2.45) is 5.92 Å². The van der Waals surface area contributed by atoms with Gasteiger partial charge in [-0.3, -0.25) is 4.79 Å². The molecule has 1 aliphatic carbocycles. The molecule has 1 aliphatic rings. The second-order valence-corrected chi connectivity index (χ2v) is 8.90. The highest BCUT2D eigenvalue weighted by Crippen LogP contribution is 2.39. The Hall–Kier alpha value is -2.90. The van der Waals surface area contributed by atoms with Gasteiger partial charge < -0.3 is 5.32 Å². The van der Waals surface area contributed by atoms with Crippen molar-refractivity contribution in [2.45, 2.75) is 38.5 Å². The highest BCUT2D eigenvalue weighted by molar-refractivity contribution is 7.16. The zero-order valence-corrected chi connectivity index (χ0v) is 17.3. The van der Waals surface area contributed by atoms with Crippen LogP contribution in [0.15, 0.2) is 60.7 Å². The molecule has 0 saturated carbocycles. The molecule has 0 bridgehead atoms. The fourth-order valence-electron chi connectivity index (χ4n) is 4.12. The molecule has 0 unspecified atom stereocenters. The number of anilines is 1. The van der Waals surface area contributed by atoms with Crippen LogP contribution < -0.4 is 5.32 Å². The van der Waals surface area contributed by atoms with Crippen molar-refractivity contribution in [3.05, 3.63) is 87.8 Å². The van der Waals surface area contributed by atoms with Gasteiger partial charge in [-0.1, -0.05) is 67.6 Å². The van der Waals surface area contributed by atoms with Crippen LogP contribution in [-0.2, 0) is 17.6 Å². The summed E-state index contributed by atoms with van der Waals surface area (Å²) in [5.41, 5.74) is 4.05. The van der Waals surface area contributed by atoms with E-state index in [1.165, 1.54) is 4.88 Å². The van der Waals surface area contributed by atoms with E-state index in [-0.39, 0.29) is 11.8 Å².